The number of hydrogen-bond acceptors (Lipinski definition) is 3. The molecular formula is C20H30N4S. The first-order chi connectivity index (χ1) is 12.1. The van der Waals surface area contributed by atoms with Crippen LogP contribution < -0.4 is 5.32 Å². The van der Waals surface area contributed by atoms with Crippen molar-refractivity contribution in [3.8, 4) is 0 Å². The van der Waals surface area contributed by atoms with Gasteiger partial charge in [0.25, 0.3) is 0 Å². The number of aromatic nitrogens is 1. The summed E-state index contributed by atoms with van der Waals surface area (Å²) < 4.78 is 0. The molecule has 2 aromatic rings. The molecule has 0 bridgehead atoms. The molecule has 0 aliphatic heterocycles. The van der Waals surface area contributed by atoms with E-state index in [0.717, 1.165) is 32.0 Å². The van der Waals surface area contributed by atoms with Crippen molar-refractivity contribution >= 4 is 17.3 Å². The highest BCUT2D eigenvalue weighted by molar-refractivity contribution is 7.09. The molecule has 0 spiro atoms. The Bertz CT molecular complexity index is 622. The molecule has 1 unspecified atom stereocenters. The molecule has 0 saturated carbocycles. The molecule has 5 heteroatoms. The van der Waals surface area contributed by atoms with E-state index in [1.54, 1.807) is 0 Å². The Labute approximate surface area is 156 Å². The maximum Gasteiger partial charge on any atom is 0.193 e. The first kappa shape index (κ1) is 19.4. The van der Waals surface area contributed by atoms with Crippen molar-refractivity contribution < 1.29 is 0 Å². The normalized spacial score (nSPS) is 13.1. The summed E-state index contributed by atoms with van der Waals surface area (Å²) in [5.74, 6) is 1.88. The largest absolute Gasteiger partial charge is 0.357 e. The van der Waals surface area contributed by atoms with Crippen molar-refractivity contribution in [3.05, 3.63) is 52.5 Å². The van der Waals surface area contributed by atoms with E-state index in [-0.39, 0.29) is 0 Å². The molecule has 136 valence electrons. The van der Waals surface area contributed by atoms with Crippen LogP contribution in [-0.4, -0.2) is 42.5 Å². The fraction of sp³-hybridized carbons (Fsp3) is 0.500. The van der Waals surface area contributed by atoms with E-state index >= 15 is 0 Å². The zero-order valence-electron chi connectivity index (χ0n) is 15.8. The highest BCUT2D eigenvalue weighted by Gasteiger charge is 2.16. The molecule has 2 rings (SSSR count). The van der Waals surface area contributed by atoms with E-state index in [4.69, 9.17) is 4.99 Å². The molecule has 0 aromatic carbocycles. The number of hydrogen-bond donors (Lipinski definition) is 1. The average Bonchev–Trinajstić information content (AvgIpc) is 3.13. The topological polar surface area (TPSA) is 40.5 Å². The molecule has 0 aliphatic carbocycles. The van der Waals surface area contributed by atoms with E-state index in [9.17, 15) is 0 Å². The summed E-state index contributed by atoms with van der Waals surface area (Å²) in [6, 6.07) is 8.47. The monoisotopic (exact) mass is 358 g/mol. The van der Waals surface area contributed by atoms with E-state index < -0.39 is 0 Å². The predicted molar refractivity (Wildman–Crippen MR) is 108 cm³/mol. The van der Waals surface area contributed by atoms with Crippen molar-refractivity contribution in [1.82, 2.24) is 15.2 Å². The summed E-state index contributed by atoms with van der Waals surface area (Å²) in [6.45, 7) is 9.23. The summed E-state index contributed by atoms with van der Waals surface area (Å²) in [6.07, 6.45) is 4.84. The molecule has 1 atom stereocenters. The minimum atomic E-state index is 0.382. The molecule has 4 nitrogen and oxygen atoms in total. The van der Waals surface area contributed by atoms with Crippen molar-refractivity contribution in [2.45, 2.75) is 33.1 Å². The Hall–Kier alpha value is -1.88. The number of nitrogens with one attached hydrogen (secondary N) is 1. The van der Waals surface area contributed by atoms with Gasteiger partial charge < -0.3 is 10.2 Å². The van der Waals surface area contributed by atoms with Crippen LogP contribution in [0.1, 0.15) is 37.1 Å². The molecule has 25 heavy (non-hydrogen) atoms. The molecule has 0 aliphatic rings. The molecule has 0 fully saturated rings. The van der Waals surface area contributed by atoms with Gasteiger partial charge in [0, 0.05) is 49.9 Å². The van der Waals surface area contributed by atoms with Gasteiger partial charge in [0.15, 0.2) is 5.96 Å². The summed E-state index contributed by atoms with van der Waals surface area (Å²) in [7, 11) is 2.11. The predicted octanol–water partition coefficient (Wildman–Crippen LogP) is 4.02. The Morgan fingerprint density at radius 1 is 1.32 bits per heavy atom. The summed E-state index contributed by atoms with van der Waals surface area (Å²) in [4.78, 5) is 12.8. The Kier molecular flexibility index (Phi) is 7.92. The second-order valence-corrected chi connectivity index (χ2v) is 7.61. The van der Waals surface area contributed by atoms with Gasteiger partial charge >= 0.3 is 0 Å². The van der Waals surface area contributed by atoms with Gasteiger partial charge in [-0.3, -0.25) is 9.98 Å². The van der Waals surface area contributed by atoms with Crippen molar-refractivity contribution in [1.29, 1.82) is 0 Å². The van der Waals surface area contributed by atoms with Crippen LogP contribution >= 0.6 is 11.3 Å². The third-order valence-corrected chi connectivity index (χ3v) is 5.26. The standard InChI is InChI=1S/C20H30N4S/c1-5-22-20(24(4)12-10-18-9-7-13-25-18)23-15-19(16(2)3)17-8-6-11-21-14-17/h6-9,11,13-14,16,19H,5,10,12,15H2,1-4H3,(H,22,23). The number of thiophene rings is 1. The van der Waals surface area contributed by atoms with Crippen molar-refractivity contribution in [2.75, 3.05) is 26.7 Å². The fourth-order valence-electron chi connectivity index (χ4n) is 2.79. The molecular weight excluding hydrogens is 328 g/mol. The van der Waals surface area contributed by atoms with Gasteiger partial charge in [-0.25, -0.2) is 0 Å². The molecule has 1 N–H and O–H groups in total. The lowest BCUT2D eigenvalue weighted by Gasteiger charge is -2.24. The van der Waals surface area contributed by atoms with E-state index in [2.05, 4.69) is 66.6 Å². The number of rotatable bonds is 8. The van der Waals surface area contributed by atoms with Gasteiger partial charge in [0.2, 0.25) is 0 Å². The minimum Gasteiger partial charge on any atom is -0.357 e. The van der Waals surface area contributed by atoms with E-state index in [1.807, 2.05) is 29.8 Å². The maximum atomic E-state index is 4.92. The maximum absolute atomic E-state index is 4.92. The minimum absolute atomic E-state index is 0.382. The number of likely N-dealkylation sites (N-methyl/N-ethyl adjacent to an activating group) is 1. The third kappa shape index (κ3) is 6.16. The van der Waals surface area contributed by atoms with Gasteiger partial charge in [-0.05, 0) is 42.3 Å². The lowest BCUT2D eigenvalue weighted by atomic mass is 9.89. The third-order valence-electron chi connectivity index (χ3n) is 4.33. The van der Waals surface area contributed by atoms with Gasteiger partial charge in [-0.15, -0.1) is 11.3 Å². The summed E-state index contributed by atoms with van der Waals surface area (Å²) in [5.41, 5.74) is 1.26. The quantitative estimate of drug-likeness (QED) is 0.572. The van der Waals surface area contributed by atoms with Crippen LogP contribution in [0.2, 0.25) is 0 Å². The van der Waals surface area contributed by atoms with Crippen LogP contribution in [0.3, 0.4) is 0 Å². The lowest BCUT2D eigenvalue weighted by Crippen LogP contribution is -2.40. The fourth-order valence-corrected chi connectivity index (χ4v) is 3.49. The molecule has 2 heterocycles. The zero-order valence-corrected chi connectivity index (χ0v) is 16.6. The number of aliphatic imine (C=N–C) groups is 1. The van der Waals surface area contributed by atoms with Gasteiger partial charge in [0.05, 0.1) is 0 Å². The molecule has 0 amide bonds. The van der Waals surface area contributed by atoms with E-state index in [0.29, 0.717) is 11.8 Å². The Morgan fingerprint density at radius 3 is 2.76 bits per heavy atom. The van der Waals surface area contributed by atoms with Crippen molar-refractivity contribution in [3.63, 3.8) is 0 Å². The van der Waals surface area contributed by atoms with Crippen LogP contribution in [0, 0.1) is 5.92 Å². The van der Waals surface area contributed by atoms with Gasteiger partial charge in [-0.2, -0.15) is 0 Å². The SMILES string of the molecule is CCNC(=NCC(c1cccnc1)C(C)C)N(C)CCc1cccs1. The summed E-state index contributed by atoms with van der Waals surface area (Å²) >= 11 is 1.82. The second-order valence-electron chi connectivity index (χ2n) is 6.58. The summed E-state index contributed by atoms with van der Waals surface area (Å²) in [5, 5.41) is 5.56. The molecule has 0 radical (unpaired) electrons. The van der Waals surface area contributed by atoms with Crippen LogP contribution in [0.25, 0.3) is 0 Å². The second kappa shape index (κ2) is 10.2. The highest BCUT2D eigenvalue weighted by atomic mass is 32.1. The number of pyridine rings is 1. The Morgan fingerprint density at radius 2 is 2.16 bits per heavy atom. The van der Waals surface area contributed by atoms with Crippen LogP contribution in [0.5, 0.6) is 0 Å². The zero-order chi connectivity index (χ0) is 18.1. The van der Waals surface area contributed by atoms with Crippen LogP contribution in [0.4, 0.5) is 0 Å². The van der Waals surface area contributed by atoms with Gasteiger partial charge in [-0.1, -0.05) is 26.0 Å². The number of guanidine groups is 1. The number of nitrogens with zero attached hydrogens (tertiary/aromatic N) is 3. The van der Waals surface area contributed by atoms with E-state index in [1.165, 1.54) is 10.4 Å². The smallest absolute Gasteiger partial charge is 0.193 e. The first-order valence-corrected chi connectivity index (χ1v) is 9.91. The van der Waals surface area contributed by atoms with Crippen LogP contribution in [0.15, 0.2) is 47.0 Å². The Balaban J connectivity index is 2.03. The lowest BCUT2D eigenvalue weighted by molar-refractivity contribution is 0.472. The van der Waals surface area contributed by atoms with Gasteiger partial charge in [0.1, 0.15) is 0 Å². The molecule has 0 saturated heterocycles. The average molecular weight is 359 g/mol. The molecule has 2 aromatic heterocycles. The van der Waals surface area contributed by atoms with Crippen LogP contribution in [-0.2, 0) is 6.42 Å². The van der Waals surface area contributed by atoms with Crippen molar-refractivity contribution in [2.24, 2.45) is 10.9 Å². The first-order valence-electron chi connectivity index (χ1n) is 9.03. The highest BCUT2D eigenvalue weighted by Crippen LogP contribution is 2.24.